The maximum Gasteiger partial charge on any atom is 0.319 e. The number of carbonyl (C=O) groups excluding carboxylic acids is 1. The maximum absolute atomic E-state index is 14.3. The van der Waals surface area contributed by atoms with E-state index < -0.39 is 17.7 Å². The minimum atomic E-state index is -0.613. The number of benzene rings is 2. The van der Waals surface area contributed by atoms with Crippen molar-refractivity contribution < 1.29 is 18.7 Å². The van der Waals surface area contributed by atoms with Crippen LogP contribution < -0.4 is 9.47 Å². The third-order valence-corrected chi connectivity index (χ3v) is 4.73. The molecule has 0 fully saturated rings. The van der Waals surface area contributed by atoms with E-state index in [4.69, 9.17) is 9.47 Å². The number of esters is 1. The number of halogens is 1. The number of ether oxygens (including phenoxy) is 2. The molecule has 2 aromatic rings. The van der Waals surface area contributed by atoms with Crippen LogP contribution in [0.4, 0.5) is 4.39 Å². The highest BCUT2D eigenvalue weighted by Crippen LogP contribution is 2.38. The summed E-state index contributed by atoms with van der Waals surface area (Å²) in [5.41, 5.74) is 2.87. The predicted molar refractivity (Wildman–Crippen MR) is 94.7 cm³/mol. The van der Waals surface area contributed by atoms with Crippen LogP contribution in [0.2, 0.25) is 0 Å². The molecule has 1 aliphatic rings. The molecule has 0 aliphatic carbocycles. The topological polar surface area (TPSA) is 35.5 Å². The third kappa shape index (κ3) is 3.68. The maximum atomic E-state index is 14.3. The number of methoxy groups -OCH3 is 1. The van der Waals surface area contributed by atoms with E-state index in [9.17, 15) is 9.18 Å². The van der Waals surface area contributed by atoms with Gasteiger partial charge in [0.15, 0.2) is 11.5 Å². The average molecular weight is 342 g/mol. The number of carbonyl (C=O) groups is 1. The average Bonchev–Trinajstić information content (AvgIpc) is 2.63. The molecule has 0 radical (unpaired) electrons. The molecule has 1 unspecified atom stereocenters. The quantitative estimate of drug-likeness (QED) is 0.429. The molecular formula is C21H23FO3. The Morgan fingerprint density at radius 1 is 1.16 bits per heavy atom. The van der Waals surface area contributed by atoms with Crippen molar-refractivity contribution in [2.24, 2.45) is 0 Å². The Morgan fingerprint density at radius 2 is 1.92 bits per heavy atom. The van der Waals surface area contributed by atoms with Gasteiger partial charge in [0.25, 0.3) is 0 Å². The van der Waals surface area contributed by atoms with E-state index in [2.05, 4.69) is 19.1 Å². The van der Waals surface area contributed by atoms with Crippen LogP contribution in [0.1, 0.15) is 48.8 Å². The van der Waals surface area contributed by atoms with Crippen LogP contribution in [-0.2, 0) is 17.6 Å². The molecule has 0 N–H and O–H groups in total. The van der Waals surface area contributed by atoms with Gasteiger partial charge in [-0.3, -0.25) is 4.79 Å². The lowest BCUT2D eigenvalue weighted by Crippen LogP contribution is -2.26. The van der Waals surface area contributed by atoms with Crippen LogP contribution in [0.25, 0.3) is 0 Å². The molecule has 0 aromatic heterocycles. The molecule has 132 valence electrons. The van der Waals surface area contributed by atoms with Gasteiger partial charge in [-0.1, -0.05) is 50.1 Å². The first-order valence-electron chi connectivity index (χ1n) is 8.80. The molecule has 3 nitrogen and oxygen atoms in total. The highest BCUT2D eigenvalue weighted by Gasteiger charge is 2.32. The van der Waals surface area contributed by atoms with Crippen molar-refractivity contribution in [3.63, 3.8) is 0 Å². The fraction of sp³-hybridized carbons (Fsp3) is 0.381. The fourth-order valence-corrected chi connectivity index (χ4v) is 3.23. The van der Waals surface area contributed by atoms with Crippen molar-refractivity contribution >= 4 is 5.97 Å². The van der Waals surface area contributed by atoms with Crippen LogP contribution in [0.5, 0.6) is 11.5 Å². The predicted octanol–water partition coefficient (Wildman–Crippen LogP) is 4.81. The second kappa shape index (κ2) is 7.68. The van der Waals surface area contributed by atoms with Crippen molar-refractivity contribution in [3.05, 3.63) is 58.9 Å². The first kappa shape index (κ1) is 17.5. The largest absolute Gasteiger partial charge is 0.494 e. The van der Waals surface area contributed by atoms with E-state index in [1.807, 2.05) is 12.1 Å². The molecule has 4 heteroatoms. The molecule has 0 amide bonds. The summed E-state index contributed by atoms with van der Waals surface area (Å²) in [6.45, 7) is 2.19. The lowest BCUT2D eigenvalue weighted by atomic mass is 9.89. The van der Waals surface area contributed by atoms with Crippen LogP contribution in [0.15, 0.2) is 36.4 Å². The number of fused-ring (bicyclic) bond motifs is 1. The summed E-state index contributed by atoms with van der Waals surface area (Å²) in [4.78, 5) is 12.4. The van der Waals surface area contributed by atoms with Crippen molar-refractivity contribution in [1.29, 1.82) is 0 Å². The summed E-state index contributed by atoms with van der Waals surface area (Å²) in [6, 6.07) is 11.4. The van der Waals surface area contributed by atoms with E-state index in [0.29, 0.717) is 12.0 Å². The monoisotopic (exact) mass is 342 g/mol. The first-order valence-corrected chi connectivity index (χ1v) is 8.80. The fourth-order valence-electron chi connectivity index (χ4n) is 3.23. The Hall–Kier alpha value is -2.36. The van der Waals surface area contributed by atoms with Gasteiger partial charge in [0.2, 0.25) is 5.82 Å². The zero-order chi connectivity index (χ0) is 17.8. The molecular weight excluding hydrogens is 319 g/mol. The number of unbranched alkanes of at least 4 members (excludes halogenated alkanes) is 2. The molecule has 1 heterocycles. The van der Waals surface area contributed by atoms with Crippen LogP contribution in [0, 0.1) is 5.82 Å². The zero-order valence-electron chi connectivity index (χ0n) is 14.7. The molecule has 0 bridgehead atoms. The van der Waals surface area contributed by atoms with Gasteiger partial charge in [-0.2, -0.15) is 4.39 Å². The number of rotatable bonds is 6. The van der Waals surface area contributed by atoms with Gasteiger partial charge in [0, 0.05) is 0 Å². The van der Waals surface area contributed by atoms with Gasteiger partial charge < -0.3 is 9.47 Å². The third-order valence-electron chi connectivity index (χ3n) is 4.73. The smallest absolute Gasteiger partial charge is 0.319 e. The normalized spacial score (nSPS) is 16.3. The molecule has 0 spiro atoms. The highest BCUT2D eigenvalue weighted by molar-refractivity contribution is 5.83. The highest BCUT2D eigenvalue weighted by atomic mass is 19.1. The minimum Gasteiger partial charge on any atom is -0.494 e. The second-order valence-electron chi connectivity index (χ2n) is 6.45. The zero-order valence-corrected chi connectivity index (χ0v) is 14.7. The van der Waals surface area contributed by atoms with Gasteiger partial charge >= 0.3 is 5.97 Å². The van der Waals surface area contributed by atoms with Gasteiger partial charge in [-0.15, -0.1) is 0 Å². The van der Waals surface area contributed by atoms with E-state index in [0.717, 1.165) is 12.0 Å². The van der Waals surface area contributed by atoms with Crippen molar-refractivity contribution in [3.8, 4) is 11.5 Å². The standard InChI is InChI=1S/C21H23FO3/c1-3-4-5-6-14-7-9-15(10-8-14)17-13-16-11-12-18(24-2)19(22)20(16)25-21(17)23/h7-12,17H,3-6,13H2,1-2H3. The van der Waals surface area contributed by atoms with Gasteiger partial charge in [-0.05, 0) is 42.0 Å². The van der Waals surface area contributed by atoms with E-state index in [1.54, 1.807) is 12.1 Å². The molecule has 0 saturated carbocycles. The lowest BCUT2D eigenvalue weighted by molar-refractivity contribution is -0.137. The molecule has 25 heavy (non-hydrogen) atoms. The Morgan fingerprint density at radius 3 is 2.60 bits per heavy atom. The summed E-state index contributed by atoms with van der Waals surface area (Å²) in [5.74, 6) is -1.35. The number of hydrogen-bond acceptors (Lipinski definition) is 3. The summed E-state index contributed by atoms with van der Waals surface area (Å²) in [6.07, 6.45) is 5.09. The van der Waals surface area contributed by atoms with Crippen LogP contribution in [0.3, 0.4) is 0 Å². The Kier molecular flexibility index (Phi) is 5.37. The summed E-state index contributed by atoms with van der Waals surface area (Å²) >= 11 is 0. The van der Waals surface area contributed by atoms with E-state index in [-0.39, 0.29) is 11.5 Å². The van der Waals surface area contributed by atoms with Crippen molar-refractivity contribution in [2.45, 2.75) is 44.9 Å². The van der Waals surface area contributed by atoms with Gasteiger partial charge in [0.1, 0.15) is 0 Å². The van der Waals surface area contributed by atoms with E-state index >= 15 is 0 Å². The minimum absolute atomic E-state index is 0.00298. The second-order valence-corrected chi connectivity index (χ2v) is 6.45. The van der Waals surface area contributed by atoms with E-state index in [1.165, 1.54) is 31.9 Å². The van der Waals surface area contributed by atoms with Crippen molar-refractivity contribution in [1.82, 2.24) is 0 Å². The van der Waals surface area contributed by atoms with Crippen LogP contribution >= 0.6 is 0 Å². The Labute approximate surface area is 147 Å². The number of aryl methyl sites for hydroxylation is 1. The summed E-state index contributed by atoms with van der Waals surface area (Å²) in [7, 11) is 1.39. The number of hydrogen-bond donors (Lipinski definition) is 0. The Bertz CT molecular complexity index is 752. The SMILES string of the molecule is CCCCCc1ccc(C2Cc3ccc(OC)c(F)c3OC2=O)cc1. The molecule has 0 saturated heterocycles. The summed E-state index contributed by atoms with van der Waals surface area (Å²) in [5, 5.41) is 0. The molecule has 1 aliphatic heterocycles. The molecule has 2 aromatic carbocycles. The molecule has 1 atom stereocenters. The van der Waals surface area contributed by atoms with Crippen molar-refractivity contribution in [2.75, 3.05) is 7.11 Å². The first-order chi connectivity index (χ1) is 12.1. The Balaban J connectivity index is 1.78. The molecule has 3 rings (SSSR count). The van der Waals surface area contributed by atoms with Crippen LogP contribution in [-0.4, -0.2) is 13.1 Å². The van der Waals surface area contributed by atoms with Gasteiger partial charge in [0.05, 0.1) is 13.0 Å². The summed E-state index contributed by atoms with van der Waals surface area (Å²) < 4.78 is 24.5. The van der Waals surface area contributed by atoms with Gasteiger partial charge in [-0.25, -0.2) is 0 Å². The lowest BCUT2D eigenvalue weighted by Gasteiger charge is -2.24.